The first-order valence-corrected chi connectivity index (χ1v) is 6.30. The largest absolute Gasteiger partial charge is 0.454 e. The molecule has 1 aromatic rings. The second-order valence-corrected chi connectivity index (χ2v) is 5.52. The Morgan fingerprint density at radius 3 is 2.79 bits per heavy atom. The maximum absolute atomic E-state index is 11.7. The Morgan fingerprint density at radius 1 is 1.32 bits per heavy atom. The molecule has 0 aliphatic carbocycles. The van der Waals surface area contributed by atoms with E-state index in [2.05, 4.69) is 5.32 Å². The number of rotatable bonds is 4. The molecular formula is C15H19NO3. The lowest BCUT2D eigenvalue weighted by molar-refractivity contribution is -0.121. The van der Waals surface area contributed by atoms with Crippen LogP contribution in [0.5, 0.6) is 11.5 Å². The molecule has 0 aromatic heterocycles. The number of ether oxygens (including phenoxy) is 2. The van der Waals surface area contributed by atoms with Crippen LogP contribution in [0.25, 0.3) is 0 Å². The number of allylic oxidation sites excluding steroid dienone is 1. The fraction of sp³-hybridized carbons (Fsp3) is 0.400. The fourth-order valence-electron chi connectivity index (χ4n) is 1.61. The van der Waals surface area contributed by atoms with E-state index in [1.54, 1.807) is 12.3 Å². The zero-order valence-corrected chi connectivity index (χ0v) is 11.5. The van der Waals surface area contributed by atoms with Crippen LogP contribution in [0.2, 0.25) is 0 Å². The van der Waals surface area contributed by atoms with Gasteiger partial charge in [0.15, 0.2) is 17.3 Å². The summed E-state index contributed by atoms with van der Waals surface area (Å²) in [6.45, 7) is 6.63. The van der Waals surface area contributed by atoms with E-state index in [1.807, 2.05) is 39.0 Å². The minimum Gasteiger partial charge on any atom is -0.454 e. The van der Waals surface area contributed by atoms with Gasteiger partial charge < -0.3 is 14.8 Å². The highest BCUT2D eigenvalue weighted by Crippen LogP contribution is 2.32. The molecule has 0 atom stereocenters. The number of nitrogens with one attached hydrogen (secondary N) is 1. The average molecular weight is 261 g/mol. The average Bonchev–Trinajstić information content (AvgIpc) is 2.80. The molecule has 19 heavy (non-hydrogen) atoms. The van der Waals surface area contributed by atoms with Gasteiger partial charge in [0.2, 0.25) is 6.79 Å². The van der Waals surface area contributed by atoms with Gasteiger partial charge in [0, 0.05) is 18.2 Å². The molecule has 1 aliphatic rings. The Balaban J connectivity index is 1.86. The molecule has 1 aliphatic heterocycles. The molecule has 4 heteroatoms. The van der Waals surface area contributed by atoms with Crippen LogP contribution in [-0.4, -0.2) is 12.6 Å². The van der Waals surface area contributed by atoms with Crippen LogP contribution in [0.4, 0.5) is 0 Å². The van der Waals surface area contributed by atoms with Crippen LogP contribution in [0, 0.1) is 5.41 Å². The Morgan fingerprint density at radius 2 is 2.05 bits per heavy atom. The van der Waals surface area contributed by atoms with Crippen molar-refractivity contribution < 1.29 is 14.3 Å². The van der Waals surface area contributed by atoms with Gasteiger partial charge >= 0.3 is 0 Å². The second kappa shape index (κ2) is 5.34. The van der Waals surface area contributed by atoms with Crippen molar-refractivity contribution in [2.75, 3.05) is 6.79 Å². The second-order valence-electron chi connectivity index (χ2n) is 5.52. The van der Waals surface area contributed by atoms with Crippen LogP contribution >= 0.6 is 0 Å². The first-order valence-electron chi connectivity index (χ1n) is 6.30. The lowest BCUT2D eigenvalue weighted by Gasteiger charge is -2.13. The summed E-state index contributed by atoms with van der Waals surface area (Å²) in [6, 6.07) is 5.80. The van der Waals surface area contributed by atoms with Gasteiger partial charge in [-0.3, -0.25) is 4.79 Å². The van der Waals surface area contributed by atoms with Crippen molar-refractivity contribution in [2.45, 2.75) is 27.3 Å². The maximum Gasteiger partial charge on any atom is 0.231 e. The zero-order chi connectivity index (χ0) is 13.9. The lowest BCUT2D eigenvalue weighted by atomic mass is 9.91. The zero-order valence-electron chi connectivity index (χ0n) is 11.5. The third-order valence-corrected chi connectivity index (χ3v) is 2.83. The summed E-state index contributed by atoms with van der Waals surface area (Å²) in [5, 5.41) is 3.10. The van der Waals surface area contributed by atoms with Crippen LogP contribution in [0.15, 0.2) is 30.5 Å². The van der Waals surface area contributed by atoms with Gasteiger partial charge in [-0.2, -0.15) is 0 Å². The molecule has 102 valence electrons. The molecule has 0 amide bonds. The molecule has 0 spiro atoms. The predicted octanol–water partition coefficient (Wildman–Crippen LogP) is 2.63. The number of carbonyl (C=O) groups is 1. The van der Waals surface area contributed by atoms with Gasteiger partial charge in [-0.05, 0) is 23.8 Å². The quantitative estimate of drug-likeness (QED) is 0.846. The molecule has 0 unspecified atom stereocenters. The van der Waals surface area contributed by atoms with Crippen LogP contribution in [-0.2, 0) is 11.3 Å². The van der Waals surface area contributed by atoms with Crippen LogP contribution in [0.3, 0.4) is 0 Å². The van der Waals surface area contributed by atoms with E-state index in [0.717, 1.165) is 17.1 Å². The summed E-state index contributed by atoms with van der Waals surface area (Å²) in [5.74, 6) is 1.65. The Hall–Kier alpha value is -1.97. The number of carbonyl (C=O) groups excluding carboxylic acids is 1. The normalized spacial score (nSPS) is 13.8. The monoisotopic (exact) mass is 261 g/mol. The van der Waals surface area contributed by atoms with Gasteiger partial charge in [0.05, 0.1) is 0 Å². The van der Waals surface area contributed by atoms with Gasteiger partial charge in [0.1, 0.15) is 0 Å². The van der Waals surface area contributed by atoms with Gasteiger partial charge in [-0.25, -0.2) is 0 Å². The molecule has 0 saturated carbocycles. The van der Waals surface area contributed by atoms with Crippen molar-refractivity contribution in [3.8, 4) is 11.5 Å². The molecule has 1 aromatic carbocycles. The molecular weight excluding hydrogens is 242 g/mol. The van der Waals surface area contributed by atoms with Gasteiger partial charge in [-0.15, -0.1) is 0 Å². The van der Waals surface area contributed by atoms with Crippen molar-refractivity contribution in [1.29, 1.82) is 0 Å². The molecule has 0 bridgehead atoms. The lowest BCUT2D eigenvalue weighted by Crippen LogP contribution is -2.18. The summed E-state index contributed by atoms with van der Waals surface area (Å²) in [6.07, 6.45) is 3.27. The Labute approximate surface area is 113 Å². The fourth-order valence-corrected chi connectivity index (χ4v) is 1.61. The summed E-state index contributed by atoms with van der Waals surface area (Å²) in [7, 11) is 0. The molecule has 4 nitrogen and oxygen atoms in total. The third kappa shape index (κ3) is 3.50. The Bertz CT molecular complexity index is 501. The van der Waals surface area contributed by atoms with E-state index in [9.17, 15) is 4.79 Å². The summed E-state index contributed by atoms with van der Waals surface area (Å²) in [5.41, 5.74) is 0.744. The highest BCUT2D eigenvalue weighted by Gasteiger charge is 2.17. The predicted molar refractivity (Wildman–Crippen MR) is 73.0 cm³/mol. The van der Waals surface area contributed by atoms with E-state index in [-0.39, 0.29) is 18.0 Å². The molecule has 0 fully saturated rings. The van der Waals surface area contributed by atoms with Crippen molar-refractivity contribution in [1.82, 2.24) is 5.32 Å². The molecule has 0 radical (unpaired) electrons. The first kappa shape index (κ1) is 13.5. The highest BCUT2D eigenvalue weighted by molar-refractivity contribution is 5.93. The summed E-state index contributed by atoms with van der Waals surface area (Å²) < 4.78 is 10.6. The van der Waals surface area contributed by atoms with E-state index in [0.29, 0.717) is 6.54 Å². The van der Waals surface area contributed by atoms with Crippen LogP contribution in [0.1, 0.15) is 26.3 Å². The van der Waals surface area contributed by atoms with E-state index in [4.69, 9.17) is 9.47 Å². The topological polar surface area (TPSA) is 47.6 Å². The Kier molecular flexibility index (Phi) is 3.79. The molecule has 0 saturated heterocycles. The number of ketones is 1. The van der Waals surface area contributed by atoms with Crippen molar-refractivity contribution >= 4 is 5.78 Å². The van der Waals surface area contributed by atoms with Crippen LogP contribution < -0.4 is 14.8 Å². The van der Waals surface area contributed by atoms with Crippen molar-refractivity contribution in [2.24, 2.45) is 5.41 Å². The number of benzene rings is 1. The van der Waals surface area contributed by atoms with E-state index < -0.39 is 0 Å². The smallest absolute Gasteiger partial charge is 0.231 e. The van der Waals surface area contributed by atoms with E-state index >= 15 is 0 Å². The van der Waals surface area contributed by atoms with Crippen molar-refractivity contribution in [3.05, 3.63) is 36.0 Å². The highest BCUT2D eigenvalue weighted by atomic mass is 16.7. The standard InChI is InChI=1S/C15H19NO3/c1-15(2,3)14(17)6-7-16-9-11-4-5-12-13(8-11)19-10-18-12/h4-8,16H,9-10H2,1-3H3. The molecule has 2 rings (SSSR count). The summed E-state index contributed by atoms with van der Waals surface area (Å²) >= 11 is 0. The van der Waals surface area contributed by atoms with E-state index in [1.165, 1.54) is 0 Å². The number of fused-ring (bicyclic) bond motifs is 1. The first-order chi connectivity index (χ1) is 8.97. The molecule has 1 N–H and O–H groups in total. The van der Waals surface area contributed by atoms with Gasteiger partial charge in [0.25, 0.3) is 0 Å². The summed E-state index contributed by atoms with van der Waals surface area (Å²) in [4.78, 5) is 11.7. The maximum atomic E-state index is 11.7. The number of hydrogen-bond donors (Lipinski definition) is 1. The van der Waals surface area contributed by atoms with Crippen molar-refractivity contribution in [3.63, 3.8) is 0 Å². The third-order valence-electron chi connectivity index (χ3n) is 2.83. The number of hydrogen-bond acceptors (Lipinski definition) is 4. The minimum absolute atomic E-state index is 0.102. The van der Waals surface area contributed by atoms with Gasteiger partial charge in [-0.1, -0.05) is 26.8 Å². The minimum atomic E-state index is -0.336. The molecule has 1 heterocycles. The SMILES string of the molecule is CC(C)(C)C(=O)C=CNCc1ccc2c(c1)OCO2.